The molecule has 0 aromatic heterocycles. The molecule has 3 atom stereocenters. The summed E-state index contributed by atoms with van der Waals surface area (Å²) in [7, 11) is 0. The van der Waals surface area contributed by atoms with E-state index in [1.54, 1.807) is 0 Å². The zero-order chi connectivity index (χ0) is 12.0. The number of hydrogen-bond donors (Lipinski definition) is 1. The third-order valence-electron chi connectivity index (χ3n) is 3.16. The van der Waals surface area contributed by atoms with Crippen LogP contribution in [0.25, 0.3) is 0 Å². The normalized spacial score (nSPS) is 28.1. The number of piperidine rings is 1. The molecule has 0 saturated carbocycles. The van der Waals surface area contributed by atoms with Crippen molar-refractivity contribution in [2.24, 2.45) is 11.8 Å². The van der Waals surface area contributed by atoms with E-state index >= 15 is 0 Å². The molecule has 0 bridgehead atoms. The molecule has 3 nitrogen and oxygen atoms in total. The number of hydrogen-bond acceptors (Lipinski definition) is 2. The Morgan fingerprint density at radius 3 is 2.47 bits per heavy atom. The van der Waals surface area contributed by atoms with E-state index < -0.39 is 0 Å². The summed E-state index contributed by atoms with van der Waals surface area (Å²) in [5, 5.41) is 10.6. The second-order valence-electron chi connectivity index (χ2n) is 4.11. The maximum atomic E-state index is 11.4. The molecule has 3 unspecified atom stereocenters. The second-order valence-corrected chi connectivity index (χ2v) is 4.11. The van der Waals surface area contributed by atoms with Crippen LogP contribution >= 0.6 is 0 Å². The summed E-state index contributed by atoms with van der Waals surface area (Å²) in [6.07, 6.45) is 2.84. The number of carbonyl (C=O) groups is 1. The molecule has 90 valence electrons. The number of rotatable bonds is 2. The van der Waals surface area contributed by atoms with E-state index in [9.17, 15) is 10.0 Å². The van der Waals surface area contributed by atoms with Crippen molar-refractivity contribution in [3.05, 3.63) is 0 Å². The Morgan fingerprint density at radius 2 is 2.00 bits per heavy atom. The van der Waals surface area contributed by atoms with E-state index in [0.717, 1.165) is 24.3 Å². The molecule has 1 N–H and O–H groups in total. The molecule has 15 heavy (non-hydrogen) atoms. The van der Waals surface area contributed by atoms with E-state index in [1.807, 2.05) is 20.8 Å². The summed E-state index contributed by atoms with van der Waals surface area (Å²) < 4.78 is 0. The van der Waals surface area contributed by atoms with Gasteiger partial charge in [-0.3, -0.25) is 10.0 Å². The van der Waals surface area contributed by atoms with Crippen molar-refractivity contribution in [3.8, 4) is 0 Å². The van der Waals surface area contributed by atoms with E-state index in [4.69, 9.17) is 0 Å². The zero-order valence-electron chi connectivity index (χ0n) is 10.7. The van der Waals surface area contributed by atoms with Crippen LogP contribution in [0.5, 0.6) is 0 Å². The van der Waals surface area contributed by atoms with Crippen LogP contribution in [0.3, 0.4) is 0 Å². The fraction of sp³-hybridized carbons (Fsp3) is 0.917. The third-order valence-corrected chi connectivity index (χ3v) is 3.16. The number of hydroxylamine groups is 2. The van der Waals surface area contributed by atoms with Gasteiger partial charge in [-0.2, -0.15) is 0 Å². The molecule has 3 heteroatoms. The van der Waals surface area contributed by atoms with E-state index in [1.165, 1.54) is 0 Å². The molecule has 1 aliphatic heterocycles. The van der Waals surface area contributed by atoms with Crippen LogP contribution < -0.4 is 0 Å². The van der Waals surface area contributed by atoms with Gasteiger partial charge in [-0.05, 0) is 18.8 Å². The molecule has 1 saturated heterocycles. The third kappa shape index (κ3) is 3.49. The molecule has 1 heterocycles. The standard InChI is InChI=1S/C10H19NO2.C2H6/c1-4-7(2)9-6-5-8(3)10(12)11(9)13;1-2/h7-9,13H,4-6H2,1-3H3;1-2H3. The zero-order valence-corrected chi connectivity index (χ0v) is 10.7. The van der Waals surface area contributed by atoms with Gasteiger partial charge in [-0.15, -0.1) is 0 Å². The van der Waals surface area contributed by atoms with Crippen molar-refractivity contribution in [1.29, 1.82) is 0 Å². The number of nitrogens with zero attached hydrogens (tertiary/aromatic N) is 1. The highest BCUT2D eigenvalue weighted by Crippen LogP contribution is 2.27. The van der Waals surface area contributed by atoms with E-state index in [2.05, 4.69) is 13.8 Å². The summed E-state index contributed by atoms with van der Waals surface area (Å²) >= 11 is 0. The molecule has 0 aromatic carbocycles. The maximum absolute atomic E-state index is 11.4. The van der Waals surface area contributed by atoms with Crippen molar-refractivity contribution < 1.29 is 10.0 Å². The van der Waals surface area contributed by atoms with E-state index in [0.29, 0.717) is 5.92 Å². The predicted molar refractivity (Wildman–Crippen MR) is 61.6 cm³/mol. The average molecular weight is 215 g/mol. The highest BCUT2D eigenvalue weighted by atomic mass is 16.5. The largest absolute Gasteiger partial charge is 0.286 e. The van der Waals surface area contributed by atoms with Crippen molar-refractivity contribution in [2.45, 2.75) is 59.9 Å². The van der Waals surface area contributed by atoms with Crippen LogP contribution in [0, 0.1) is 11.8 Å². The molecule has 0 radical (unpaired) electrons. The van der Waals surface area contributed by atoms with Gasteiger partial charge in [0.1, 0.15) is 0 Å². The lowest BCUT2D eigenvalue weighted by molar-refractivity contribution is -0.193. The minimum Gasteiger partial charge on any atom is -0.286 e. The lowest BCUT2D eigenvalue weighted by Crippen LogP contribution is -2.47. The molecule has 1 amide bonds. The van der Waals surface area contributed by atoms with Gasteiger partial charge in [0.05, 0.1) is 6.04 Å². The molecule has 0 aliphatic carbocycles. The Bertz CT molecular complexity index is 194. The molecule has 0 aromatic rings. The Labute approximate surface area is 93.4 Å². The first-order valence-corrected chi connectivity index (χ1v) is 6.09. The Kier molecular flexibility index (Phi) is 6.57. The molecule has 1 aliphatic rings. The highest BCUT2D eigenvalue weighted by Gasteiger charge is 2.34. The van der Waals surface area contributed by atoms with Gasteiger partial charge in [0.2, 0.25) is 5.91 Å². The summed E-state index contributed by atoms with van der Waals surface area (Å²) in [4.78, 5) is 11.4. The first kappa shape index (κ1) is 14.4. The predicted octanol–water partition coefficient (Wildman–Crippen LogP) is 3.08. The Hall–Kier alpha value is -0.570. The second kappa shape index (κ2) is 6.83. The quantitative estimate of drug-likeness (QED) is 0.719. The van der Waals surface area contributed by atoms with Crippen LogP contribution in [0.4, 0.5) is 0 Å². The van der Waals surface area contributed by atoms with Crippen LogP contribution in [-0.4, -0.2) is 22.2 Å². The van der Waals surface area contributed by atoms with Crippen molar-refractivity contribution in [2.75, 3.05) is 0 Å². The molecular formula is C12H25NO2. The fourth-order valence-electron chi connectivity index (χ4n) is 1.85. The Balaban J connectivity index is 0.000000921. The van der Waals surface area contributed by atoms with Crippen LogP contribution in [0.15, 0.2) is 0 Å². The highest BCUT2D eigenvalue weighted by molar-refractivity contribution is 5.78. The van der Waals surface area contributed by atoms with Gasteiger partial charge in [-0.1, -0.05) is 41.0 Å². The minimum atomic E-state index is -0.114. The fourth-order valence-corrected chi connectivity index (χ4v) is 1.85. The first-order valence-electron chi connectivity index (χ1n) is 6.09. The number of carbonyl (C=O) groups excluding carboxylic acids is 1. The summed E-state index contributed by atoms with van der Waals surface area (Å²) in [5.41, 5.74) is 0. The van der Waals surface area contributed by atoms with Gasteiger partial charge in [-0.25, -0.2) is 5.06 Å². The lowest BCUT2D eigenvalue weighted by Gasteiger charge is -2.36. The van der Waals surface area contributed by atoms with Crippen LogP contribution in [-0.2, 0) is 4.79 Å². The SMILES string of the molecule is CC.CCC(C)C1CCC(C)C(=O)N1O. The minimum absolute atomic E-state index is 0.00898. The van der Waals surface area contributed by atoms with Gasteiger partial charge < -0.3 is 0 Å². The summed E-state index contributed by atoms with van der Waals surface area (Å²) in [5.74, 6) is 0.267. The first-order chi connectivity index (χ1) is 7.07. The average Bonchev–Trinajstić information content (AvgIpc) is 2.28. The van der Waals surface area contributed by atoms with Gasteiger partial charge in [0.25, 0.3) is 0 Å². The molecule has 0 spiro atoms. The monoisotopic (exact) mass is 215 g/mol. The molecule has 1 fully saturated rings. The van der Waals surface area contributed by atoms with Crippen molar-refractivity contribution in [3.63, 3.8) is 0 Å². The van der Waals surface area contributed by atoms with Crippen molar-refractivity contribution >= 4 is 5.91 Å². The smallest absolute Gasteiger partial charge is 0.249 e. The number of amides is 1. The molecule has 1 rings (SSSR count). The summed E-state index contributed by atoms with van der Waals surface area (Å²) in [6.45, 7) is 10.0. The van der Waals surface area contributed by atoms with Gasteiger partial charge >= 0.3 is 0 Å². The Morgan fingerprint density at radius 1 is 1.47 bits per heavy atom. The molecular weight excluding hydrogens is 190 g/mol. The topological polar surface area (TPSA) is 40.5 Å². The van der Waals surface area contributed by atoms with Crippen LogP contribution in [0.1, 0.15) is 53.9 Å². The maximum Gasteiger partial charge on any atom is 0.249 e. The van der Waals surface area contributed by atoms with E-state index in [-0.39, 0.29) is 17.9 Å². The van der Waals surface area contributed by atoms with Gasteiger partial charge in [0, 0.05) is 5.92 Å². The lowest BCUT2D eigenvalue weighted by atomic mass is 9.87. The summed E-state index contributed by atoms with van der Waals surface area (Å²) in [6, 6.07) is 0.0358. The van der Waals surface area contributed by atoms with Gasteiger partial charge in [0.15, 0.2) is 0 Å². The van der Waals surface area contributed by atoms with Crippen LogP contribution in [0.2, 0.25) is 0 Å². The van der Waals surface area contributed by atoms with Crippen molar-refractivity contribution in [1.82, 2.24) is 5.06 Å².